The fourth-order valence-corrected chi connectivity index (χ4v) is 8.96. The summed E-state index contributed by atoms with van der Waals surface area (Å²) in [7, 11) is 0. The van der Waals surface area contributed by atoms with Gasteiger partial charge in [0.1, 0.15) is 12.1 Å². The van der Waals surface area contributed by atoms with Gasteiger partial charge in [0.15, 0.2) is 5.11 Å². The van der Waals surface area contributed by atoms with Crippen molar-refractivity contribution in [3.8, 4) is 0 Å². The maximum Gasteiger partial charge on any atom is 0.490 e. The maximum atomic E-state index is 13.9. The van der Waals surface area contributed by atoms with Crippen LogP contribution in [0.2, 0.25) is 0 Å². The molecule has 0 unspecified atom stereocenters. The van der Waals surface area contributed by atoms with E-state index in [-0.39, 0.29) is 110 Å². The van der Waals surface area contributed by atoms with E-state index in [2.05, 4.69) is 49.0 Å². The summed E-state index contributed by atoms with van der Waals surface area (Å²) in [5.41, 5.74) is 3.15. The molecule has 0 aliphatic carbocycles. The number of carbonyl (C=O) groups is 12. The number of halogens is 12. The van der Waals surface area contributed by atoms with Crippen LogP contribution >= 0.6 is 36.2 Å². The van der Waals surface area contributed by atoms with Crippen LogP contribution in [0.3, 0.4) is 0 Å². The van der Waals surface area contributed by atoms with Gasteiger partial charge in [-0.05, 0) is 110 Å². The largest absolute Gasteiger partial charge is 0.490 e. The standard InChI is InChI=1S/C47H65N11O12S3.4C2HF3O2/c1-73-24-13-37(45(68)49-25-39(59)52-38(46(69)70)7-2-3-14-48-47(72)51-34-10-8-33(9-11-34)50-31-71)53-44(67)36-6-4-5-32-26-58(15-12-35(32)36)40(60)27-54-16-18-55(28-41(61)62)20-22-57(30-43(65)66)23-21-56(19-17-54)29-42(63)64;4*3-2(4,5)1(6)7/h4-6,8-11,37-38H,2-3,7,12-30H2,1H3,(H,49,68)(H,52,59)(H,53,67)(H,61,62)(H,63,64)(H,65,66)(H,69,70)(H2,48,51,72);4*(H,6,7)/t37-,38-;;;;/m0..../s1. The Balaban J connectivity index is 0.00000297. The van der Waals surface area contributed by atoms with Crippen molar-refractivity contribution in [1.82, 2.24) is 45.8 Å². The first-order valence-corrected chi connectivity index (χ1v) is 30.9. The molecule has 0 aromatic heterocycles. The maximum absolute atomic E-state index is 13.9. The van der Waals surface area contributed by atoms with E-state index < -0.39 is 109 Å². The fourth-order valence-electron chi connectivity index (χ4n) is 8.17. The minimum Gasteiger partial charge on any atom is -0.480 e. The molecule has 31 nitrogen and oxygen atoms in total. The van der Waals surface area contributed by atoms with Gasteiger partial charge in [-0.2, -0.15) is 69.4 Å². The molecule has 2 aliphatic heterocycles. The summed E-state index contributed by atoms with van der Waals surface area (Å²) >= 11 is 11.4. The highest BCUT2D eigenvalue weighted by molar-refractivity contribution is 7.98. The summed E-state index contributed by atoms with van der Waals surface area (Å²) in [5, 5.41) is 83.5. The summed E-state index contributed by atoms with van der Waals surface area (Å²) in [6.45, 7) is 1.55. The van der Waals surface area contributed by atoms with Crippen molar-refractivity contribution >= 4 is 129 Å². The predicted octanol–water partition coefficient (Wildman–Crippen LogP) is 3.01. The number of rotatable bonds is 25. The number of aliphatic carboxylic acids is 8. The number of carboxylic acids is 8. The molecular formula is C55H69F12N11O20S3. The van der Waals surface area contributed by atoms with Gasteiger partial charge in [0.05, 0.1) is 43.6 Å². The number of nitrogens with one attached hydrogen (secondary N) is 5. The quantitative estimate of drug-likeness (QED) is 0.0294. The van der Waals surface area contributed by atoms with Gasteiger partial charge in [0.2, 0.25) is 17.7 Å². The van der Waals surface area contributed by atoms with Gasteiger partial charge in [-0.3, -0.25) is 53.2 Å². The van der Waals surface area contributed by atoms with E-state index in [4.69, 9.17) is 51.8 Å². The number of unbranched alkanes of at least 4 members (excludes halogenated alkanes) is 1. The third kappa shape index (κ3) is 41.3. The van der Waals surface area contributed by atoms with Crippen molar-refractivity contribution in [2.75, 3.05) is 115 Å². The molecule has 101 heavy (non-hydrogen) atoms. The normalized spacial score (nSPS) is 14.6. The first-order chi connectivity index (χ1) is 46.7. The van der Waals surface area contributed by atoms with Gasteiger partial charge in [-0.15, -0.1) is 0 Å². The van der Waals surface area contributed by atoms with E-state index in [1.54, 1.807) is 56.0 Å². The Bertz CT molecular complexity index is 3060. The monoisotopic (exact) mass is 1530 g/mol. The van der Waals surface area contributed by atoms with E-state index >= 15 is 0 Å². The zero-order valence-corrected chi connectivity index (χ0v) is 55.1. The Morgan fingerprint density at radius 3 is 1.38 bits per heavy atom. The predicted molar refractivity (Wildman–Crippen MR) is 335 cm³/mol. The van der Waals surface area contributed by atoms with Crippen LogP contribution in [0.4, 0.5) is 64.1 Å². The van der Waals surface area contributed by atoms with E-state index in [1.807, 2.05) is 17.2 Å². The summed E-state index contributed by atoms with van der Waals surface area (Å²) in [6.07, 6.45) is -16.8. The second kappa shape index (κ2) is 45.6. The fraction of sp³-hybridized carbons (Fsp3) is 0.527. The zero-order valence-electron chi connectivity index (χ0n) is 52.7. The number of carboxylic acid groups (broad SMARTS) is 8. The van der Waals surface area contributed by atoms with Crippen molar-refractivity contribution < 1.29 is 151 Å². The topological polar surface area (TPSA) is 455 Å². The number of thiocarbonyl (C=S) groups is 2. The molecule has 46 heteroatoms. The third-order valence-corrected chi connectivity index (χ3v) is 14.0. The van der Waals surface area contributed by atoms with E-state index in [1.165, 1.54) is 11.8 Å². The average Bonchev–Trinajstić information content (AvgIpc) is 0.798. The molecule has 2 heterocycles. The smallest absolute Gasteiger partial charge is 0.480 e. The highest BCUT2D eigenvalue weighted by Crippen LogP contribution is 2.24. The number of thioether (sulfide) groups is 1. The zero-order chi connectivity index (χ0) is 77.6. The second-order valence-corrected chi connectivity index (χ2v) is 22.2. The average molecular weight is 1530 g/mol. The highest BCUT2D eigenvalue weighted by atomic mass is 32.2. The number of hydrogen-bond acceptors (Lipinski definition) is 20. The number of alkyl halides is 12. The number of benzene rings is 2. The van der Waals surface area contributed by atoms with Crippen LogP contribution in [0.1, 0.15) is 47.2 Å². The number of hydrogen-bond donors (Lipinski definition) is 13. The molecule has 4 rings (SSSR count). The van der Waals surface area contributed by atoms with Crippen LogP contribution in [-0.4, -0.2) is 294 Å². The molecule has 0 saturated carbocycles. The highest BCUT2D eigenvalue weighted by Gasteiger charge is 2.40. The van der Waals surface area contributed by atoms with Crippen LogP contribution in [0, 0.1) is 0 Å². The molecule has 1 saturated heterocycles. The SMILES string of the molecule is CSCC[C@H](NC(=O)c1cccc2c1CCN(C(=O)CN1CCN(CC(=O)O)CCN(CC(=O)O)CCN(CC(=O)O)CC1)C2)C(=O)NCC(=O)N[C@@H](CCCCNC(=S)Nc1ccc(N=C=S)cc1)C(=O)O.O=C(O)C(F)(F)F.O=C(O)C(F)(F)F.O=C(O)C(F)(F)F.O=C(O)C(F)(F)F. The van der Waals surface area contributed by atoms with E-state index in [0.29, 0.717) is 53.5 Å². The minimum absolute atomic E-state index is 0.0418. The lowest BCUT2D eigenvalue weighted by molar-refractivity contribution is -0.193. The van der Waals surface area contributed by atoms with Crippen molar-refractivity contribution in [3.63, 3.8) is 0 Å². The number of isothiocyanates is 1. The molecule has 0 spiro atoms. The Morgan fingerprint density at radius 1 is 0.564 bits per heavy atom. The first-order valence-electron chi connectivity index (χ1n) is 28.7. The molecule has 2 atom stereocenters. The molecule has 0 bridgehead atoms. The summed E-state index contributed by atoms with van der Waals surface area (Å²) in [4.78, 5) is 149. The molecular weight excluding hydrogens is 1460 g/mol. The molecule has 566 valence electrons. The van der Waals surface area contributed by atoms with Crippen molar-refractivity contribution in [2.45, 2.75) is 75.4 Å². The van der Waals surface area contributed by atoms with Crippen molar-refractivity contribution in [1.29, 1.82) is 0 Å². The number of fused-ring (bicyclic) bond motifs is 1. The second-order valence-electron chi connectivity index (χ2n) is 20.6. The molecule has 2 aromatic carbocycles. The van der Waals surface area contributed by atoms with Crippen molar-refractivity contribution in [3.05, 3.63) is 59.2 Å². The number of aliphatic imine (C=N–C) groups is 1. The van der Waals surface area contributed by atoms with Gasteiger partial charge < -0.3 is 72.3 Å². The Morgan fingerprint density at radius 2 is 0.990 bits per heavy atom. The Labute approximate surface area is 579 Å². The van der Waals surface area contributed by atoms with Gasteiger partial charge >= 0.3 is 72.5 Å². The summed E-state index contributed by atoms with van der Waals surface area (Å²) in [6, 6.07) is 9.97. The van der Waals surface area contributed by atoms with Crippen LogP contribution in [0.25, 0.3) is 0 Å². The number of amides is 4. The first kappa shape index (κ1) is 91.9. The van der Waals surface area contributed by atoms with Crippen molar-refractivity contribution in [2.24, 2.45) is 4.99 Å². The van der Waals surface area contributed by atoms with E-state index in [0.717, 1.165) is 11.3 Å². The lowest BCUT2D eigenvalue weighted by atomic mass is 9.93. The third-order valence-electron chi connectivity index (χ3n) is 13.0. The summed E-state index contributed by atoms with van der Waals surface area (Å²) < 4.78 is 127. The van der Waals surface area contributed by atoms with E-state index in [9.17, 15) is 111 Å². The van der Waals surface area contributed by atoms with Crippen LogP contribution in [0.15, 0.2) is 47.5 Å². The molecule has 1 fully saturated rings. The van der Waals surface area contributed by atoms with Gasteiger partial charge in [-0.1, -0.05) is 12.1 Å². The van der Waals surface area contributed by atoms with Gasteiger partial charge in [-0.25, -0.2) is 24.0 Å². The number of nitrogens with zero attached hydrogens (tertiary/aromatic N) is 6. The number of anilines is 1. The van der Waals surface area contributed by atoms with Crippen LogP contribution in [0.5, 0.6) is 0 Å². The minimum atomic E-state index is -5.08. The van der Waals surface area contributed by atoms with Crippen LogP contribution in [-0.2, 0) is 65.7 Å². The van der Waals surface area contributed by atoms with Crippen LogP contribution < -0.4 is 26.6 Å². The Hall–Kier alpha value is -9.08. The molecule has 2 aromatic rings. The molecule has 0 radical (unpaired) electrons. The Kier molecular flexibility index (Phi) is 41.5. The lowest BCUT2D eigenvalue weighted by Crippen LogP contribution is -2.51. The number of carbonyl (C=O) groups excluding carboxylic acids is 4. The molecule has 13 N–H and O–H groups in total. The lowest BCUT2D eigenvalue weighted by Gasteiger charge is -2.35. The molecule has 4 amide bonds. The van der Waals surface area contributed by atoms with Gasteiger partial charge in [0, 0.05) is 83.2 Å². The van der Waals surface area contributed by atoms with Gasteiger partial charge in [0.25, 0.3) is 5.91 Å². The summed E-state index contributed by atoms with van der Waals surface area (Å²) in [5.74, 6) is -17.0. The molecule has 2 aliphatic rings.